The van der Waals surface area contributed by atoms with Crippen molar-refractivity contribution in [3.63, 3.8) is 0 Å². The van der Waals surface area contributed by atoms with Gasteiger partial charge >= 0.3 is 6.09 Å². The molecule has 170 valence electrons. The number of benzene rings is 1. The van der Waals surface area contributed by atoms with Gasteiger partial charge in [-0.15, -0.1) is 0 Å². The number of carbonyl (C=O) groups is 1. The maximum atomic E-state index is 12.9. The van der Waals surface area contributed by atoms with E-state index in [-0.39, 0.29) is 28.8 Å². The topological polar surface area (TPSA) is 125 Å². The lowest BCUT2D eigenvalue weighted by Crippen LogP contribution is -2.33. The van der Waals surface area contributed by atoms with Gasteiger partial charge in [-0.2, -0.15) is 4.98 Å². The summed E-state index contributed by atoms with van der Waals surface area (Å²) in [5.41, 5.74) is -0.0812. The minimum absolute atomic E-state index is 0.160. The number of fused-ring (bicyclic) bond motifs is 1. The van der Waals surface area contributed by atoms with Crippen LogP contribution in [0, 0.1) is 6.92 Å². The molecular formula is C21H20N6O5S. The largest absolute Gasteiger partial charge is 0.497 e. The highest BCUT2D eigenvalue weighted by Crippen LogP contribution is 2.36. The van der Waals surface area contributed by atoms with E-state index in [1.165, 1.54) is 15.9 Å². The van der Waals surface area contributed by atoms with Crippen LogP contribution < -0.4 is 15.0 Å². The monoisotopic (exact) mass is 468 g/mol. The van der Waals surface area contributed by atoms with Crippen molar-refractivity contribution in [1.82, 2.24) is 29.6 Å². The van der Waals surface area contributed by atoms with Gasteiger partial charge in [0.25, 0.3) is 11.4 Å². The number of rotatable bonds is 4. The Balaban J connectivity index is 1.46. The molecule has 0 saturated carbocycles. The second-order valence-electron chi connectivity index (χ2n) is 7.55. The molecule has 12 heteroatoms. The van der Waals surface area contributed by atoms with Crippen LogP contribution in [-0.2, 0) is 7.05 Å². The minimum Gasteiger partial charge on any atom is -0.497 e. The summed E-state index contributed by atoms with van der Waals surface area (Å²) in [6, 6.07) is 6.56. The van der Waals surface area contributed by atoms with Gasteiger partial charge in [0.2, 0.25) is 5.82 Å². The number of aryl methyl sites for hydroxylation is 1. The van der Waals surface area contributed by atoms with E-state index in [4.69, 9.17) is 14.0 Å². The van der Waals surface area contributed by atoms with E-state index in [0.717, 1.165) is 6.42 Å². The van der Waals surface area contributed by atoms with Crippen LogP contribution >= 0.6 is 11.3 Å². The van der Waals surface area contributed by atoms with E-state index in [1.807, 2.05) is 0 Å². The van der Waals surface area contributed by atoms with E-state index in [9.17, 15) is 9.59 Å². The highest BCUT2D eigenvalue weighted by Gasteiger charge is 2.34. The zero-order valence-electron chi connectivity index (χ0n) is 18.1. The van der Waals surface area contributed by atoms with Gasteiger partial charge in [0, 0.05) is 19.7 Å². The summed E-state index contributed by atoms with van der Waals surface area (Å²) in [7, 11) is 3.13. The van der Waals surface area contributed by atoms with Crippen LogP contribution in [0.4, 0.5) is 4.79 Å². The fraction of sp³-hybridized carbons (Fsp3) is 0.333. The standard InChI is InChI=1S/C21H20N6O5S/c1-11-22-17(32-25-11)16-24-19-15(20(28)26(16)2)23-18(33-19)14-8-5-9-27(14)21(29)31-13-7-4-6-12(10-13)30-3/h4,6-7,10,14H,5,8-9H2,1-3H3/t14-/m1/s1. The summed E-state index contributed by atoms with van der Waals surface area (Å²) in [5, 5.41) is 4.40. The molecule has 4 aromatic rings. The molecule has 0 bridgehead atoms. The van der Waals surface area contributed by atoms with Crippen molar-refractivity contribution < 1.29 is 18.8 Å². The third-order valence-corrected chi connectivity index (χ3v) is 6.45. The summed E-state index contributed by atoms with van der Waals surface area (Å²) in [6.07, 6.45) is 1.03. The Morgan fingerprint density at radius 2 is 2.06 bits per heavy atom. The van der Waals surface area contributed by atoms with Crippen molar-refractivity contribution in [2.24, 2.45) is 7.05 Å². The molecule has 0 aliphatic carbocycles. The lowest BCUT2D eigenvalue weighted by atomic mass is 10.2. The number of ether oxygens (including phenoxy) is 2. The Morgan fingerprint density at radius 3 is 2.82 bits per heavy atom. The van der Waals surface area contributed by atoms with E-state index < -0.39 is 6.09 Å². The Kier molecular flexibility index (Phi) is 5.29. The molecule has 1 aliphatic heterocycles. The average Bonchev–Trinajstić information content (AvgIpc) is 3.55. The molecule has 0 spiro atoms. The Labute approximate surface area is 191 Å². The number of thiazole rings is 1. The van der Waals surface area contributed by atoms with Gasteiger partial charge in [0.05, 0.1) is 13.2 Å². The highest BCUT2D eigenvalue weighted by molar-refractivity contribution is 7.18. The molecule has 4 heterocycles. The number of hydrogen-bond acceptors (Lipinski definition) is 10. The lowest BCUT2D eigenvalue weighted by molar-refractivity contribution is 0.147. The van der Waals surface area contributed by atoms with E-state index >= 15 is 0 Å². The molecule has 1 fully saturated rings. The predicted octanol–water partition coefficient (Wildman–Crippen LogP) is 3.09. The van der Waals surface area contributed by atoms with Gasteiger partial charge in [-0.3, -0.25) is 14.3 Å². The van der Waals surface area contributed by atoms with Crippen molar-refractivity contribution in [3.8, 4) is 23.2 Å². The van der Waals surface area contributed by atoms with Gasteiger partial charge < -0.3 is 14.0 Å². The first-order valence-electron chi connectivity index (χ1n) is 10.2. The van der Waals surface area contributed by atoms with Crippen LogP contribution in [0.1, 0.15) is 29.7 Å². The van der Waals surface area contributed by atoms with Gasteiger partial charge in [-0.1, -0.05) is 22.6 Å². The van der Waals surface area contributed by atoms with Crippen molar-refractivity contribution in [1.29, 1.82) is 0 Å². The fourth-order valence-electron chi connectivity index (χ4n) is 3.76. The van der Waals surface area contributed by atoms with E-state index in [2.05, 4.69) is 20.1 Å². The predicted molar refractivity (Wildman–Crippen MR) is 118 cm³/mol. The maximum absolute atomic E-state index is 12.9. The highest BCUT2D eigenvalue weighted by atomic mass is 32.1. The number of hydrogen-bond donors (Lipinski definition) is 0. The van der Waals surface area contributed by atoms with Crippen LogP contribution in [0.25, 0.3) is 22.1 Å². The summed E-state index contributed by atoms with van der Waals surface area (Å²) >= 11 is 1.27. The molecule has 1 aliphatic rings. The Hall–Kier alpha value is -3.80. The van der Waals surface area contributed by atoms with Crippen LogP contribution in [0.2, 0.25) is 0 Å². The molecule has 1 saturated heterocycles. The summed E-state index contributed by atoms with van der Waals surface area (Å²) in [6.45, 7) is 2.22. The molecule has 1 aromatic carbocycles. The van der Waals surface area contributed by atoms with Gasteiger partial charge in [-0.05, 0) is 31.9 Å². The normalized spacial score (nSPS) is 15.8. The zero-order chi connectivity index (χ0) is 23.1. The first-order valence-corrected chi connectivity index (χ1v) is 11.1. The Bertz CT molecular complexity index is 1410. The molecule has 0 N–H and O–H groups in total. The molecule has 0 unspecified atom stereocenters. The first kappa shape index (κ1) is 21.1. The van der Waals surface area contributed by atoms with E-state index in [1.54, 1.807) is 50.2 Å². The van der Waals surface area contributed by atoms with E-state index in [0.29, 0.717) is 40.1 Å². The maximum Gasteiger partial charge on any atom is 0.415 e. The summed E-state index contributed by atoms with van der Waals surface area (Å²) < 4.78 is 17.3. The Morgan fingerprint density at radius 1 is 1.24 bits per heavy atom. The number of nitrogens with zero attached hydrogens (tertiary/aromatic N) is 6. The second kappa shape index (κ2) is 8.28. The molecule has 5 rings (SSSR count). The molecule has 1 amide bonds. The van der Waals surface area contributed by atoms with Gasteiger partial charge in [0.1, 0.15) is 16.5 Å². The fourth-order valence-corrected chi connectivity index (χ4v) is 4.84. The first-order chi connectivity index (χ1) is 15.9. The molecule has 3 aromatic heterocycles. The molecule has 1 atom stereocenters. The van der Waals surface area contributed by atoms with Crippen molar-refractivity contribution >= 4 is 27.8 Å². The summed E-state index contributed by atoms with van der Waals surface area (Å²) in [4.78, 5) is 41.2. The number of aromatic nitrogens is 5. The number of amides is 1. The van der Waals surface area contributed by atoms with Crippen LogP contribution in [0.15, 0.2) is 33.6 Å². The van der Waals surface area contributed by atoms with Gasteiger partial charge in [-0.25, -0.2) is 14.8 Å². The number of carbonyl (C=O) groups excluding carboxylic acids is 1. The van der Waals surface area contributed by atoms with Crippen molar-refractivity contribution in [2.75, 3.05) is 13.7 Å². The third kappa shape index (κ3) is 3.82. The third-order valence-electron chi connectivity index (χ3n) is 5.40. The quantitative estimate of drug-likeness (QED) is 0.444. The summed E-state index contributed by atoms with van der Waals surface area (Å²) in [5.74, 6) is 1.86. The average molecular weight is 468 g/mol. The zero-order valence-corrected chi connectivity index (χ0v) is 19.0. The second-order valence-corrected chi connectivity index (χ2v) is 8.56. The van der Waals surface area contributed by atoms with Crippen LogP contribution in [0.3, 0.4) is 0 Å². The molecular weight excluding hydrogens is 448 g/mol. The van der Waals surface area contributed by atoms with Crippen LogP contribution in [0.5, 0.6) is 11.5 Å². The smallest absolute Gasteiger partial charge is 0.415 e. The number of methoxy groups -OCH3 is 1. The molecule has 11 nitrogen and oxygen atoms in total. The van der Waals surface area contributed by atoms with Crippen molar-refractivity contribution in [2.45, 2.75) is 25.8 Å². The van der Waals surface area contributed by atoms with Crippen LogP contribution in [-0.4, -0.2) is 49.3 Å². The molecule has 33 heavy (non-hydrogen) atoms. The number of likely N-dealkylation sites (tertiary alicyclic amines) is 1. The lowest BCUT2D eigenvalue weighted by Gasteiger charge is -2.22. The minimum atomic E-state index is -0.479. The molecule has 0 radical (unpaired) electrons. The SMILES string of the molecule is COc1cccc(OC(=O)N2CCC[C@@H]2c2nc3c(=O)n(C)c(-c4nc(C)no4)nc3s2)c1. The van der Waals surface area contributed by atoms with Crippen molar-refractivity contribution in [3.05, 3.63) is 45.5 Å². The van der Waals surface area contributed by atoms with Gasteiger partial charge in [0.15, 0.2) is 16.2 Å².